The first kappa shape index (κ1) is 11.4. The Labute approximate surface area is 102 Å². The Morgan fingerprint density at radius 3 is 3.06 bits per heavy atom. The Kier molecular flexibility index (Phi) is 3.46. The molecule has 0 unspecified atom stereocenters. The van der Waals surface area contributed by atoms with E-state index in [2.05, 4.69) is 4.98 Å². The average molecular weight is 253 g/mol. The van der Waals surface area contributed by atoms with Gasteiger partial charge >= 0.3 is 5.97 Å². The second-order valence-corrected chi connectivity index (χ2v) is 5.52. The van der Waals surface area contributed by atoms with E-state index in [0.29, 0.717) is 5.75 Å². The Balaban J connectivity index is 2.14. The number of aryl methyl sites for hydroxylation is 1. The van der Waals surface area contributed by atoms with Gasteiger partial charge in [0.25, 0.3) is 0 Å². The summed E-state index contributed by atoms with van der Waals surface area (Å²) in [7, 11) is 0. The van der Waals surface area contributed by atoms with E-state index in [0.717, 1.165) is 10.5 Å². The van der Waals surface area contributed by atoms with Crippen LogP contribution in [-0.4, -0.2) is 21.8 Å². The molecule has 2 aromatic rings. The third-order valence-corrected chi connectivity index (χ3v) is 4.25. The molecule has 3 nitrogen and oxygen atoms in total. The monoisotopic (exact) mass is 253 g/mol. The standard InChI is InChI=1S/C11H11NO2S2/c1-7-3-2-4-8-11(7)12-9(16-8)5-15-6-10(13)14/h2-4H,5-6H2,1H3,(H,13,14). The Morgan fingerprint density at radius 2 is 2.38 bits per heavy atom. The maximum atomic E-state index is 10.4. The zero-order chi connectivity index (χ0) is 11.5. The summed E-state index contributed by atoms with van der Waals surface area (Å²) in [6, 6.07) is 6.10. The predicted octanol–water partition coefficient (Wildman–Crippen LogP) is 2.92. The van der Waals surface area contributed by atoms with Crippen molar-refractivity contribution in [1.29, 1.82) is 0 Å². The number of para-hydroxylation sites is 1. The Bertz CT molecular complexity index is 522. The summed E-state index contributed by atoms with van der Waals surface area (Å²) in [6.07, 6.45) is 0. The van der Waals surface area contributed by atoms with Gasteiger partial charge in [0.2, 0.25) is 0 Å². The van der Waals surface area contributed by atoms with Crippen LogP contribution in [0.15, 0.2) is 18.2 Å². The molecule has 0 aliphatic rings. The van der Waals surface area contributed by atoms with Crippen molar-refractivity contribution >= 4 is 39.3 Å². The van der Waals surface area contributed by atoms with Gasteiger partial charge < -0.3 is 5.11 Å². The van der Waals surface area contributed by atoms with Crippen molar-refractivity contribution in [2.24, 2.45) is 0 Å². The third-order valence-electron chi connectivity index (χ3n) is 2.12. The molecule has 0 spiro atoms. The highest BCUT2D eigenvalue weighted by Crippen LogP contribution is 2.26. The van der Waals surface area contributed by atoms with Crippen LogP contribution < -0.4 is 0 Å². The fourth-order valence-electron chi connectivity index (χ4n) is 1.42. The second kappa shape index (κ2) is 4.84. The van der Waals surface area contributed by atoms with Gasteiger partial charge in [-0.15, -0.1) is 23.1 Å². The molecule has 0 bridgehead atoms. The quantitative estimate of drug-likeness (QED) is 0.910. The van der Waals surface area contributed by atoms with E-state index in [1.54, 1.807) is 11.3 Å². The number of carbonyl (C=O) groups is 1. The van der Waals surface area contributed by atoms with Crippen LogP contribution in [0.2, 0.25) is 0 Å². The van der Waals surface area contributed by atoms with Gasteiger partial charge in [0, 0.05) is 5.75 Å². The summed E-state index contributed by atoms with van der Waals surface area (Å²) in [5, 5.41) is 9.53. The number of nitrogens with zero attached hydrogens (tertiary/aromatic N) is 1. The fraction of sp³-hybridized carbons (Fsp3) is 0.273. The molecule has 84 valence electrons. The number of rotatable bonds is 4. The molecule has 1 aromatic carbocycles. The van der Waals surface area contributed by atoms with Crippen LogP contribution in [0.25, 0.3) is 10.2 Å². The van der Waals surface area contributed by atoms with Gasteiger partial charge in [0.1, 0.15) is 5.01 Å². The maximum Gasteiger partial charge on any atom is 0.313 e. The molecule has 0 saturated heterocycles. The van der Waals surface area contributed by atoms with Gasteiger partial charge in [0.05, 0.1) is 16.0 Å². The van der Waals surface area contributed by atoms with E-state index in [9.17, 15) is 4.79 Å². The van der Waals surface area contributed by atoms with Gasteiger partial charge in [-0.2, -0.15) is 0 Å². The van der Waals surface area contributed by atoms with Crippen LogP contribution in [0.5, 0.6) is 0 Å². The highest BCUT2D eigenvalue weighted by Gasteiger charge is 2.06. The number of fused-ring (bicyclic) bond motifs is 1. The smallest absolute Gasteiger partial charge is 0.313 e. The van der Waals surface area contributed by atoms with Gasteiger partial charge in [-0.25, -0.2) is 4.98 Å². The molecule has 1 aromatic heterocycles. The number of carboxylic acids is 1. The first-order valence-electron chi connectivity index (χ1n) is 4.81. The van der Waals surface area contributed by atoms with Gasteiger partial charge in [0.15, 0.2) is 0 Å². The third kappa shape index (κ3) is 2.54. The first-order valence-corrected chi connectivity index (χ1v) is 6.78. The van der Waals surface area contributed by atoms with Crippen molar-refractivity contribution in [2.75, 3.05) is 5.75 Å². The van der Waals surface area contributed by atoms with E-state index in [4.69, 9.17) is 5.11 Å². The number of thioether (sulfide) groups is 1. The van der Waals surface area contributed by atoms with Crippen molar-refractivity contribution in [3.8, 4) is 0 Å². The highest BCUT2D eigenvalue weighted by molar-refractivity contribution is 7.99. The van der Waals surface area contributed by atoms with E-state index in [1.165, 1.54) is 22.0 Å². The molecular weight excluding hydrogens is 242 g/mol. The summed E-state index contributed by atoms with van der Waals surface area (Å²) in [5.74, 6) is 0.0299. The average Bonchev–Trinajstić information content (AvgIpc) is 2.61. The first-order chi connectivity index (χ1) is 7.66. The lowest BCUT2D eigenvalue weighted by Gasteiger charge is -1.92. The molecule has 1 N–H and O–H groups in total. The molecular formula is C11H11NO2S2. The van der Waals surface area contributed by atoms with Crippen LogP contribution >= 0.6 is 23.1 Å². The Morgan fingerprint density at radius 1 is 1.56 bits per heavy atom. The zero-order valence-electron chi connectivity index (χ0n) is 8.77. The largest absolute Gasteiger partial charge is 0.481 e. The van der Waals surface area contributed by atoms with Crippen LogP contribution in [0, 0.1) is 6.92 Å². The van der Waals surface area contributed by atoms with E-state index >= 15 is 0 Å². The lowest BCUT2D eigenvalue weighted by molar-refractivity contribution is -0.133. The number of thiazole rings is 1. The summed E-state index contributed by atoms with van der Waals surface area (Å²) < 4.78 is 1.17. The van der Waals surface area contributed by atoms with Crippen LogP contribution in [0.4, 0.5) is 0 Å². The van der Waals surface area contributed by atoms with Gasteiger partial charge in [-0.3, -0.25) is 4.79 Å². The van der Waals surface area contributed by atoms with E-state index in [-0.39, 0.29) is 5.75 Å². The van der Waals surface area contributed by atoms with E-state index < -0.39 is 5.97 Å². The number of benzene rings is 1. The van der Waals surface area contributed by atoms with Gasteiger partial charge in [-0.05, 0) is 18.6 Å². The number of carboxylic acid groups (broad SMARTS) is 1. The fourth-order valence-corrected chi connectivity index (χ4v) is 3.26. The second-order valence-electron chi connectivity index (χ2n) is 3.42. The molecule has 2 rings (SSSR count). The number of aliphatic carboxylic acids is 1. The maximum absolute atomic E-state index is 10.4. The number of hydrogen-bond donors (Lipinski definition) is 1. The summed E-state index contributed by atoms with van der Waals surface area (Å²) in [4.78, 5) is 14.9. The van der Waals surface area contributed by atoms with Crippen molar-refractivity contribution < 1.29 is 9.90 Å². The predicted molar refractivity (Wildman–Crippen MR) is 68.2 cm³/mol. The Hall–Kier alpha value is -1.07. The molecule has 0 saturated carbocycles. The van der Waals surface area contributed by atoms with Crippen molar-refractivity contribution in [2.45, 2.75) is 12.7 Å². The molecule has 5 heteroatoms. The molecule has 0 amide bonds. The molecule has 0 aliphatic carbocycles. The highest BCUT2D eigenvalue weighted by atomic mass is 32.2. The van der Waals surface area contributed by atoms with Crippen LogP contribution in [-0.2, 0) is 10.5 Å². The summed E-state index contributed by atoms with van der Waals surface area (Å²) in [6.45, 7) is 2.04. The van der Waals surface area contributed by atoms with Crippen molar-refractivity contribution in [3.05, 3.63) is 28.8 Å². The molecule has 0 aliphatic heterocycles. The lowest BCUT2D eigenvalue weighted by Crippen LogP contribution is -1.97. The van der Waals surface area contributed by atoms with Crippen molar-refractivity contribution in [1.82, 2.24) is 4.98 Å². The minimum absolute atomic E-state index is 0.134. The zero-order valence-corrected chi connectivity index (χ0v) is 10.4. The molecule has 1 heterocycles. The SMILES string of the molecule is Cc1cccc2sc(CSCC(=O)O)nc12. The molecule has 16 heavy (non-hydrogen) atoms. The summed E-state index contributed by atoms with van der Waals surface area (Å²) in [5.41, 5.74) is 2.21. The number of hydrogen-bond acceptors (Lipinski definition) is 4. The van der Waals surface area contributed by atoms with Crippen LogP contribution in [0.3, 0.4) is 0 Å². The van der Waals surface area contributed by atoms with Gasteiger partial charge in [-0.1, -0.05) is 12.1 Å². The molecule has 0 radical (unpaired) electrons. The lowest BCUT2D eigenvalue weighted by atomic mass is 10.2. The van der Waals surface area contributed by atoms with Crippen molar-refractivity contribution in [3.63, 3.8) is 0 Å². The minimum atomic E-state index is -0.776. The topological polar surface area (TPSA) is 50.2 Å². The summed E-state index contributed by atoms with van der Waals surface area (Å²) >= 11 is 3.02. The molecule has 0 fully saturated rings. The molecule has 0 atom stereocenters. The van der Waals surface area contributed by atoms with E-state index in [1.807, 2.05) is 25.1 Å². The minimum Gasteiger partial charge on any atom is -0.481 e. The normalized spacial score (nSPS) is 10.8. The number of aromatic nitrogens is 1. The van der Waals surface area contributed by atoms with Crippen LogP contribution in [0.1, 0.15) is 10.6 Å².